The quantitative estimate of drug-likeness (QED) is 0.654. The molecular weight excluding hydrogens is 340 g/mol. The largest absolute Gasteiger partial charge is 0.484 e. The molecule has 0 aliphatic carbocycles. The second-order valence-corrected chi connectivity index (χ2v) is 6.08. The third-order valence-electron chi connectivity index (χ3n) is 4.08. The van der Waals surface area contributed by atoms with E-state index in [0.29, 0.717) is 16.9 Å². The highest BCUT2D eigenvalue weighted by Crippen LogP contribution is 2.16. The van der Waals surface area contributed by atoms with Gasteiger partial charge in [0.2, 0.25) is 0 Å². The van der Waals surface area contributed by atoms with Crippen LogP contribution >= 0.6 is 0 Å². The van der Waals surface area contributed by atoms with Crippen molar-refractivity contribution in [3.63, 3.8) is 0 Å². The minimum atomic E-state index is -0.226. The van der Waals surface area contributed by atoms with E-state index in [2.05, 4.69) is 10.3 Å². The second-order valence-electron chi connectivity index (χ2n) is 6.08. The van der Waals surface area contributed by atoms with Gasteiger partial charge in [0, 0.05) is 23.5 Å². The minimum Gasteiger partial charge on any atom is -0.484 e. The Labute approximate surface area is 158 Å². The zero-order valence-corrected chi connectivity index (χ0v) is 15.0. The van der Waals surface area contributed by atoms with Crippen molar-refractivity contribution in [2.24, 2.45) is 0 Å². The minimum absolute atomic E-state index is 0.0508. The van der Waals surface area contributed by atoms with Crippen molar-refractivity contribution in [1.82, 2.24) is 10.3 Å². The number of aromatic nitrogens is 1. The Morgan fingerprint density at radius 3 is 2.33 bits per heavy atom. The van der Waals surface area contributed by atoms with Crippen LogP contribution in [0.25, 0.3) is 0 Å². The van der Waals surface area contributed by atoms with Gasteiger partial charge in [-0.2, -0.15) is 0 Å². The van der Waals surface area contributed by atoms with E-state index < -0.39 is 0 Å². The summed E-state index contributed by atoms with van der Waals surface area (Å²) in [6.45, 7) is 1.79. The molecule has 2 aromatic carbocycles. The number of nitrogens with one attached hydrogen (secondary N) is 1. The molecule has 1 heterocycles. The fraction of sp³-hybridized carbons (Fsp3) is 0.136. The maximum absolute atomic E-state index is 12.4. The molecule has 1 atom stereocenters. The molecular formula is C22H20N2O3. The Kier molecular flexibility index (Phi) is 5.94. The van der Waals surface area contributed by atoms with Gasteiger partial charge in [-0.15, -0.1) is 0 Å². The molecule has 3 rings (SSSR count). The van der Waals surface area contributed by atoms with Crippen molar-refractivity contribution in [2.45, 2.75) is 13.0 Å². The van der Waals surface area contributed by atoms with Crippen LogP contribution in [-0.4, -0.2) is 23.3 Å². The van der Waals surface area contributed by atoms with Crippen LogP contribution in [0.3, 0.4) is 0 Å². The summed E-state index contributed by atoms with van der Waals surface area (Å²) in [5, 5.41) is 2.86. The van der Waals surface area contributed by atoms with Crippen molar-refractivity contribution < 1.29 is 14.3 Å². The highest BCUT2D eigenvalue weighted by Gasteiger charge is 2.11. The third kappa shape index (κ3) is 5.01. The fourth-order valence-electron chi connectivity index (χ4n) is 2.61. The molecule has 0 bridgehead atoms. The van der Waals surface area contributed by atoms with Crippen LogP contribution in [0.2, 0.25) is 0 Å². The van der Waals surface area contributed by atoms with Gasteiger partial charge in [-0.1, -0.05) is 36.4 Å². The molecule has 136 valence electrons. The van der Waals surface area contributed by atoms with E-state index in [1.807, 2.05) is 37.3 Å². The van der Waals surface area contributed by atoms with Crippen molar-refractivity contribution in [1.29, 1.82) is 0 Å². The van der Waals surface area contributed by atoms with Crippen LogP contribution in [0.15, 0.2) is 79.1 Å². The summed E-state index contributed by atoms with van der Waals surface area (Å²) >= 11 is 0. The standard InChI is InChI=1S/C22H20N2O3/c1-16(19-8-5-13-23-14-19)24-21(25)15-27-20-11-9-18(10-12-20)22(26)17-6-3-2-4-7-17/h2-14,16H,15H2,1H3,(H,24,25). The van der Waals surface area contributed by atoms with Crippen molar-refractivity contribution in [3.05, 3.63) is 95.8 Å². The summed E-state index contributed by atoms with van der Waals surface area (Å²) in [6, 6.07) is 19.4. The van der Waals surface area contributed by atoms with Gasteiger partial charge in [0.15, 0.2) is 12.4 Å². The van der Waals surface area contributed by atoms with E-state index in [4.69, 9.17) is 4.74 Å². The lowest BCUT2D eigenvalue weighted by atomic mass is 10.0. The van der Waals surface area contributed by atoms with E-state index in [1.165, 1.54) is 0 Å². The number of ketones is 1. The number of carbonyl (C=O) groups excluding carboxylic acids is 2. The van der Waals surface area contributed by atoms with E-state index in [1.54, 1.807) is 48.8 Å². The number of amides is 1. The first-order valence-corrected chi connectivity index (χ1v) is 8.65. The Morgan fingerprint density at radius 2 is 1.67 bits per heavy atom. The Hall–Kier alpha value is -3.47. The van der Waals surface area contributed by atoms with Gasteiger partial charge in [-0.3, -0.25) is 14.6 Å². The summed E-state index contributed by atoms with van der Waals surface area (Å²) in [6.07, 6.45) is 3.40. The smallest absolute Gasteiger partial charge is 0.258 e. The topological polar surface area (TPSA) is 68.3 Å². The molecule has 5 heteroatoms. The summed E-state index contributed by atoms with van der Waals surface area (Å²) in [5.41, 5.74) is 2.13. The molecule has 0 aliphatic rings. The molecule has 1 N–H and O–H groups in total. The molecule has 1 aromatic heterocycles. The highest BCUT2D eigenvalue weighted by atomic mass is 16.5. The summed E-state index contributed by atoms with van der Waals surface area (Å²) in [4.78, 5) is 28.5. The van der Waals surface area contributed by atoms with Gasteiger partial charge in [-0.25, -0.2) is 0 Å². The maximum atomic E-state index is 12.4. The molecule has 3 aromatic rings. The number of ether oxygens (including phenoxy) is 1. The van der Waals surface area contributed by atoms with Crippen LogP contribution < -0.4 is 10.1 Å². The third-order valence-corrected chi connectivity index (χ3v) is 4.08. The molecule has 0 radical (unpaired) electrons. The van der Waals surface area contributed by atoms with Crippen molar-refractivity contribution in [2.75, 3.05) is 6.61 Å². The predicted octanol–water partition coefficient (Wildman–Crippen LogP) is 3.57. The number of benzene rings is 2. The van der Waals surface area contributed by atoms with Gasteiger partial charge in [-0.05, 0) is 42.8 Å². The predicted molar refractivity (Wildman–Crippen MR) is 103 cm³/mol. The van der Waals surface area contributed by atoms with Crippen LogP contribution in [-0.2, 0) is 4.79 Å². The Balaban J connectivity index is 1.53. The average molecular weight is 360 g/mol. The molecule has 0 saturated heterocycles. The normalized spacial score (nSPS) is 11.4. The maximum Gasteiger partial charge on any atom is 0.258 e. The lowest BCUT2D eigenvalue weighted by Gasteiger charge is -2.14. The first-order chi connectivity index (χ1) is 13.1. The number of nitrogens with zero attached hydrogens (tertiary/aromatic N) is 1. The summed E-state index contributed by atoms with van der Waals surface area (Å²) in [7, 11) is 0. The number of carbonyl (C=O) groups is 2. The molecule has 5 nitrogen and oxygen atoms in total. The molecule has 27 heavy (non-hydrogen) atoms. The van der Waals surface area contributed by atoms with Gasteiger partial charge >= 0.3 is 0 Å². The van der Waals surface area contributed by atoms with Crippen molar-refractivity contribution in [3.8, 4) is 5.75 Å². The van der Waals surface area contributed by atoms with Gasteiger partial charge in [0.1, 0.15) is 5.75 Å². The SMILES string of the molecule is CC(NC(=O)COc1ccc(C(=O)c2ccccc2)cc1)c1cccnc1. The van der Waals surface area contributed by atoms with Crippen LogP contribution in [0.4, 0.5) is 0 Å². The van der Waals surface area contributed by atoms with Crippen LogP contribution in [0.1, 0.15) is 34.5 Å². The Bertz CT molecular complexity index is 894. The summed E-state index contributed by atoms with van der Waals surface area (Å²) < 4.78 is 5.51. The number of pyridine rings is 1. The lowest BCUT2D eigenvalue weighted by molar-refractivity contribution is -0.123. The lowest BCUT2D eigenvalue weighted by Crippen LogP contribution is -2.31. The molecule has 0 fully saturated rings. The van der Waals surface area contributed by atoms with Crippen LogP contribution in [0, 0.1) is 0 Å². The highest BCUT2D eigenvalue weighted by molar-refractivity contribution is 6.08. The first-order valence-electron chi connectivity index (χ1n) is 8.65. The van der Waals surface area contributed by atoms with E-state index in [0.717, 1.165) is 5.56 Å². The van der Waals surface area contributed by atoms with Crippen LogP contribution in [0.5, 0.6) is 5.75 Å². The molecule has 1 amide bonds. The molecule has 0 aliphatic heterocycles. The van der Waals surface area contributed by atoms with Gasteiger partial charge in [0.05, 0.1) is 6.04 Å². The molecule has 1 unspecified atom stereocenters. The molecule has 0 spiro atoms. The average Bonchev–Trinajstić information content (AvgIpc) is 2.73. The second kappa shape index (κ2) is 8.76. The Morgan fingerprint density at radius 1 is 0.963 bits per heavy atom. The summed E-state index contributed by atoms with van der Waals surface area (Å²) in [5.74, 6) is 0.254. The number of rotatable bonds is 7. The van der Waals surface area contributed by atoms with Crippen molar-refractivity contribution >= 4 is 11.7 Å². The van der Waals surface area contributed by atoms with E-state index in [-0.39, 0.29) is 24.3 Å². The fourth-order valence-corrected chi connectivity index (χ4v) is 2.61. The zero-order chi connectivity index (χ0) is 19.1. The zero-order valence-electron chi connectivity index (χ0n) is 15.0. The number of hydrogen-bond donors (Lipinski definition) is 1. The first kappa shape index (κ1) is 18.3. The monoisotopic (exact) mass is 360 g/mol. The number of hydrogen-bond acceptors (Lipinski definition) is 4. The van der Waals surface area contributed by atoms with E-state index in [9.17, 15) is 9.59 Å². The van der Waals surface area contributed by atoms with Gasteiger partial charge in [0.25, 0.3) is 5.91 Å². The van der Waals surface area contributed by atoms with Gasteiger partial charge < -0.3 is 10.1 Å². The van der Waals surface area contributed by atoms with E-state index >= 15 is 0 Å². The molecule has 0 saturated carbocycles.